The summed E-state index contributed by atoms with van der Waals surface area (Å²) in [6, 6.07) is 7.23. The van der Waals surface area contributed by atoms with Crippen molar-refractivity contribution in [1.82, 2.24) is 14.7 Å². The second-order valence-electron chi connectivity index (χ2n) is 6.97. The zero-order valence-corrected chi connectivity index (χ0v) is 15.0. The number of carbonyl (C=O) groups excluding carboxylic acids is 2. The number of benzene rings is 1. The molecule has 0 spiro atoms. The van der Waals surface area contributed by atoms with Crippen LogP contribution in [0.1, 0.15) is 36.0 Å². The number of hydrogen-bond donors (Lipinski definition) is 1. The summed E-state index contributed by atoms with van der Waals surface area (Å²) in [4.78, 5) is 31.5. The second-order valence-corrected chi connectivity index (χ2v) is 6.97. The normalized spacial score (nSPS) is 19.4. The lowest BCUT2D eigenvalue weighted by molar-refractivity contribution is 0.0725. The van der Waals surface area contributed by atoms with Gasteiger partial charge in [-0.05, 0) is 51.4 Å². The Morgan fingerprint density at radius 2 is 1.56 bits per heavy atom. The Morgan fingerprint density at radius 1 is 0.840 bits per heavy atom. The van der Waals surface area contributed by atoms with E-state index in [1.165, 1.54) is 6.42 Å². The van der Waals surface area contributed by atoms with Gasteiger partial charge in [-0.1, -0.05) is 12.1 Å². The van der Waals surface area contributed by atoms with Crippen molar-refractivity contribution < 1.29 is 9.59 Å². The fourth-order valence-electron chi connectivity index (χ4n) is 3.49. The molecule has 0 saturated carbocycles. The van der Waals surface area contributed by atoms with E-state index in [1.807, 2.05) is 34.1 Å². The molecule has 3 rings (SSSR count). The highest BCUT2D eigenvalue weighted by Gasteiger charge is 2.23. The van der Waals surface area contributed by atoms with Crippen LogP contribution in [0.2, 0.25) is 0 Å². The second kappa shape index (κ2) is 8.34. The van der Waals surface area contributed by atoms with Gasteiger partial charge >= 0.3 is 6.03 Å². The Kier molecular flexibility index (Phi) is 5.91. The molecule has 1 N–H and O–H groups in total. The number of hydrogen-bond acceptors (Lipinski definition) is 3. The van der Waals surface area contributed by atoms with Crippen molar-refractivity contribution in [2.24, 2.45) is 0 Å². The minimum Gasteiger partial charge on any atom is -0.339 e. The van der Waals surface area contributed by atoms with Crippen LogP contribution < -0.4 is 5.32 Å². The average molecular weight is 344 g/mol. The lowest BCUT2D eigenvalue weighted by Gasteiger charge is -2.28. The van der Waals surface area contributed by atoms with Gasteiger partial charge in [0.2, 0.25) is 0 Å². The molecule has 2 aliphatic heterocycles. The summed E-state index contributed by atoms with van der Waals surface area (Å²) in [6.45, 7) is 4.96. The molecule has 136 valence electrons. The van der Waals surface area contributed by atoms with Crippen molar-refractivity contribution >= 4 is 17.6 Å². The van der Waals surface area contributed by atoms with Crippen LogP contribution in [-0.2, 0) is 0 Å². The van der Waals surface area contributed by atoms with Crippen molar-refractivity contribution in [1.29, 1.82) is 0 Å². The van der Waals surface area contributed by atoms with Crippen LogP contribution in [-0.4, -0.2) is 73.0 Å². The molecule has 25 heavy (non-hydrogen) atoms. The van der Waals surface area contributed by atoms with Gasteiger partial charge in [-0.15, -0.1) is 0 Å². The smallest absolute Gasteiger partial charge is 0.321 e. The molecular formula is C19H28N4O2. The van der Waals surface area contributed by atoms with Gasteiger partial charge in [-0.25, -0.2) is 4.79 Å². The zero-order valence-electron chi connectivity index (χ0n) is 15.0. The fourth-order valence-corrected chi connectivity index (χ4v) is 3.49. The predicted octanol–water partition coefficient (Wildman–Crippen LogP) is 2.48. The maximum Gasteiger partial charge on any atom is 0.321 e. The van der Waals surface area contributed by atoms with Crippen molar-refractivity contribution in [2.45, 2.75) is 25.7 Å². The van der Waals surface area contributed by atoms with Crippen LogP contribution >= 0.6 is 0 Å². The number of carbonyl (C=O) groups is 2. The largest absolute Gasteiger partial charge is 0.339 e. The number of nitrogens with one attached hydrogen (secondary N) is 1. The number of likely N-dealkylation sites (N-methyl/N-ethyl adjacent to an activating group) is 1. The minimum absolute atomic E-state index is 0.0196. The Balaban J connectivity index is 1.69. The lowest BCUT2D eigenvalue weighted by Crippen LogP contribution is -2.39. The van der Waals surface area contributed by atoms with Crippen molar-refractivity contribution in [3.05, 3.63) is 29.8 Å². The Morgan fingerprint density at radius 3 is 2.36 bits per heavy atom. The SMILES string of the molecule is CN1CCCN(C(=O)Nc2ccccc2C(=O)N2CCCCC2)CC1. The number of amides is 3. The lowest BCUT2D eigenvalue weighted by atomic mass is 10.1. The third-order valence-electron chi connectivity index (χ3n) is 5.05. The molecule has 1 aromatic rings. The third-order valence-corrected chi connectivity index (χ3v) is 5.05. The molecule has 0 atom stereocenters. The summed E-state index contributed by atoms with van der Waals surface area (Å²) in [5, 5.41) is 2.96. The van der Waals surface area contributed by atoms with Crippen molar-refractivity contribution in [3.8, 4) is 0 Å². The predicted molar refractivity (Wildman–Crippen MR) is 98.9 cm³/mol. The zero-order chi connectivity index (χ0) is 17.6. The van der Waals surface area contributed by atoms with Crippen LogP contribution in [0.3, 0.4) is 0 Å². The Hall–Kier alpha value is -2.08. The third kappa shape index (κ3) is 4.51. The van der Waals surface area contributed by atoms with Gasteiger partial charge in [-0.3, -0.25) is 4.79 Å². The van der Waals surface area contributed by atoms with Gasteiger partial charge in [-0.2, -0.15) is 0 Å². The summed E-state index contributed by atoms with van der Waals surface area (Å²) < 4.78 is 0. The number of nitrogens with zero attached hydrogens (tertiary/aromatic N) is 3. The van der Waals surface area contributed by atoms with E-state index in [-0.39, 0.29) is 11.9 Å². The molecule has 2 aliphatic rings. The first-order valence-electron chi connectivity index (χ1n) is 9.28. The molecule has 0 aromatic heterocycles. The maximum atomic E-state index is 12.8. The van der Waals surface area contributed by atoms with Crippen LogP contribution in [0, 0.1) is 0 Å². The fraction of sp³-hybridized carbons (Fsp3) is 0.579. The highest BCUT2D eigenvalue weighted by molar-refractivity contribution is 6.03. The topological polar surface area (TPSA) is 55.9 Å². The first-order chi connectivity index (χ1) is 12.1. The monoisotopic (exact) mass is 344 g/mol. The Bertz CT molecular complexity index is 613. The van der Waals surface area contributed by atoms with E-state index >= 15 is 0 Å². The van der Waals surface area contributed by atoms with Gasteiger partial charge in [0, 0.05) is 32.7 Å². The number of anilines is 1. The molecule has 0 aliphatic carbocycles. The van der Waals surface area contributed by atoms with Gasteiger partial charge in [0.1, 0.15) is 0 Å². The molecule has 3 amide bonds. The standard InChI is InChI=1S/C19H28N4O2/c1-21-10-7-13-23(15-14-21)19(25)20-17-9-4-3-8-16(17)18(24)22-11-5-2-6-12-22/h3-4,8-9H,2,5-7,10-15H2,1H3,(H,20,25). The van der Waals surface area contributed by atoms with E-state index in [0.717, 1.165) is 52.0 Å². The van der Waals surface area contributed by atoms with Gasteiger partial charge in [0.25, 0.3) is 5.91 Å². The van der Waals surface area contributed by atoms with Gasteiger partial charge < -0.3 is 20.0 Å². The van der Waals surface area contributed by atoms with Crippen molar-refractivity contribution in [3.63, 3.8) is 0 Å². The van der Waals surface area contributed by atoms with E-state index in [2.05, 4.69) is 17.3 Å². The highest BCUT2D eigenvalue weighted by atomic mass is 16.2. The highest BCUT2D eigenvalue weighted by Crippen LogP contribution is 2.20. The summed E-state index contributed by atoms with van der Waals surface area (Å²) >= 11 is 0. The van der Waals surface area contributed by atoms with E-state index in [0.29, 0.717) is 17.8 Å². The summed E-state index contributed by atoms with van der Waals surface area (Å²) in [6.07, 6.45) is 4.27. The minimum atomic E-state index is -0.116. The number of likely N-dealkylation sites (tertiary alicyclic amines) is 1. The van der Waals surface area contributed by atoms with E-state index in [9.17, 15) is 9.59 Å². The van der Waals surface area contributed by atoms with Crippen molar-refractivity contribution in [2.75, 3.05) is 51.6 Å². The molecule has 2 fully saturated rings. The molecule has 1 aromatic carbocycles. The van der Waals surface area contributed by atoms with Gasteiger partial charge in [0.05, 0.1) is 11.3 Å². The molecule has 6 heteroatoms. The van der Waals surface area contributed by atoms with Gasteiger partial charge in [0.15, 0.2) is 0 Å². The maximum absolute atomic E-state index is 12.8. The van der Waals surface area contributed by atoms with Crippen LogP contribution in [0.15, 0.2) is 24.3 Å². The average Bonchev–Trinajstić information content (AvgIpc) is 2.87. The first-order valence-corrected chi connectivity index (χ1v) is 9.28. The number of para-hydroxylation sites is 1. The molecule has 2 saturated heterocycles. The quantitative estimate of drug-likeness (QED) is 0.897. The molecular weight excluding hydrogens is 316 g/mol. The molecule has 0 bridgehead atoms. The summed E-state index contributed by atoms with van der Waals surface area (Å²) in [7, 11) is 2.08. The van der Waals surface area contributed by atoms with Crippen LogP contribution in [0.25, 0.3) is 0 Å². The summed E-state index contributed by atoms with van der Waals surface area (Å²) in [5.74, 6) is 0.0196. The number of rotatable bonds is 2. The molecule has 2 heterocycles. The molecule has 0 radical (unpaired) electrons. The number of piperidine rings is 1. The number of urea groups is 1. The van der Waals surface area contributed by atoms with E-state index < -0.39 is 0 Å². The first kappa shape index (κ1) is 17.7. The van der Waals surface area contributed by atoms with Crippen LogP contribution in [0.5, 0.6) is 0 Å². The summed E-state index contributed by atoms with van der Waals surface area (Å²) in [5.41, 5.74) is 1.20. The molecule has 6 nitrogen and oxygen atoms in total. The molecule has 0 unspecified atom stereocenters. The van der Waals surface area contributed by atoms with E-state index in [4.69, 9.17) is 0 Å². The van der Waals surface area contributed by atoms with Crippen LogP contribution in [0.4, 0.5) is 10.5 Å². The Labute approximate surface area is 149 Å². The van der Waals surface area contributed by atoms with E-state index in [1.54, 1.807) is 0 Å².